The number of carbonyl (C=O) groups excluding carboxylic acids is 1. The molecule has 1 aromatic rings. The summed E-state index contributed by atoms with van der Waals surface area (Å²) in [5.41, 5.74) is 3.73. The molecule has 2 heterocycles. The Morgan fingerprint density at radius 1 is 1.27 bits per heavy atom. The maximum Gasteiger partial charge on any atom is 0.330 e. The molecule has 0 spiro atoms. The summed E-state index contributed by atoms with van der Waals surface area (Å²) in [7, 11) is -2.40. The lowest BCUT2D eigenvalue weighted by Gasteiger charge is -2.36. The van der Waals surface area contributed by atoms with E-state index >= 15 is 0 Å². The number of rotatable bonds is 5. The van der Waals surface area contributed by atoms with E-state index in [1.165, 1.54) is 15.5 Å². The number of aromatic nitrogens is 2. The van der Waals surface area contributed by atoms with Crippen LogP contribution >= 0.6 is 0 Å². The van der Waals surface area contributed by atoms with Crippen molar-refractivity contribution in [2.24, 2.45) is 18.9 Å². The number of hydrogen-bond donors (Lipinski definition) is 2. The van der Waals surface area contributed by atoms with Crippen LogP contribution in [0, 0.1) is 18.8 Å². The van der Waals surface area contributed by atoms with Crippen LogP contribution in [0.15, 0.2) is 41.6 Å². The van der Waals surface area contributed by atoms with Crippen LogP contribution in [0.4, 0.5) is 10.5 Å². The van der Waals surface area contributed by atoms with Gasteiger partial charge in [0.1, 0.15) is 0 Å². The summed E-state index contributed by atoms with van der Waals surface area (Å²) in [6, 6.07) is -1.14. The predicted molar refractivity (Wildman–Crippen MR) is 125 cm³/mol. The minimum absolute atomic E-state index is 0.0810. The molecule has 9 nitrogen and oxygen atoms in total. The third-order valence-corrected chi connectivity index (χ3v) is 8.83. The third kappa shape index (κ3) is 4.10. The number of fused-ring (bicyclic) bond motifs is 2. The molecule has 4 aliphatic rings. The van der Waals surface area contributed by atoms with Gasteiger partial charge in [0.15, 0.2) is 0 Å². The number of aryl methyl sites for hydroxylation is 1. The van der Waals surface area contributed by atoms with E-state index in [0.717, 1.165) is 19.3 Å². The molecule has 2 fully saturated rings. The van der Waals surface area contributed by atoms with Crippen LogP contribution in [0.25, 0.3) is 0 Å². The third-order valence-electron chi connectivity index (χ3n) is 7.37. The molecule has 33 heavy (non-hydrogen) atoms. The SMILES string of the molecule is Cc1c(N(C2CCOCC2)S(=O)(=O)NC(=O)NC2C3C=CC=C3C=C3CCCC32)cnn1C. The van der Waals surface area contributed by atoms with Gasteiger partial charge in [-0.1, -0.05) is 29.9 Å². The van der Waals surface area contributed by atoms with Crippen molar-refractivity contribution in [2.75, 3.05) is 17.5 Å². The van der Waals surface area contributed by atoms with Gasteiger partial charge in [-0.15, -0.1) is 0 Å². The highest BCUT2D eigenvalue weighted by Crippen LogP contribution is 2.44. The molecule has 1 aromatic heterocycles. The molecule has 0 bridgehead atoms. The smallest absolute Gasteiger partial charge is 0.330 e. The van der Waals surface area contributed by atoms with E-state index in [4.69, 9.17) is 4.74 Å². The van der Waals surface area contributed by atoms with Crippen molar-refractivity contribution in [1.82, 2.24) is 19.8 Å². The van der Waals surface area contributed by atoms with Crippen LogP contribution < -0.4 is 14.3 Å². The number of allylic oxidation sites excluding steroid dienone is 3. The number of nitrogens with zero attached hydrogens (tertiary/aromatic N) is 3. The van der Waals surface area contributed by atoms with Gasteiger partial charge in [0, 0.05) is 38.1 Å². The van der Waals surface area contributed by atoms with E-state index in [2.05, 4.69) is 33.4 Å². The molecule has 1 saturated heterocycles. The Kier molecular flexibility index (Phi) is 5.82. The van der Waals surface area contributed by atoms with Crippen molar-refractivity contribution in [3.05, 3.63) is 47.3 Å². The van der Waals surface area contributed by atoms with Crippen LogP contribution in [0.2, 0.25) is 0 Å². The normalized spacial score (nSPS) is 26.9. The number of hydrogen-bond acceptors (Lipinski definition) is 5. The first-order valence-corrected chi connectivity index (χ1v) is 13.1. The van der Waals surface area contributed by atoms with E-state index < -0.39 is 16.2 Å². The Balaban J connectivity index is 1.38. The van der Waals surface area contributed by atoms with Crippen molar-refractivity contribution in [2.45, 2.75) is 51.1 Å². The summed E-state index contributed by atoms with van der Waals surface area (Å²) in [6.45, 7) is 2.77. The predicted octanol–water partition coefficient (Wildman–Crippen LogP) is 2.48. The van der Waals surface area contributed by atoms with E-state index in [1.54, 1.807) is 17.9 Å². The number of anilines is 1. The fraction of sp³-hybridized carbons (Fsp3) is 0.565. The second kappa shape index (κ2) is 8.64. The first-order valence-electron chi connectivity index (χ1n) is 11.6. The summed E-state index contributed by atoms with van der Waals surface area (Å²) in [6.07, 6.45) is 14.2. The molecule has 3 atom stereocenters. The monoisotopic (exact) mass is 473 g/mol. The summed E-state index contributed by atoms with van der Waals surface area (Å²) in [5, 5.41) is 7.23. The summed E-state index contributed by atoms with van der Waals surface area (Å²) in [5.74, 6) is 0.327. The summed E-state index contributed by atoms with van der Waals surface area (Å²) in [4.78, 5) is 13.1. The van der Waals surface area contributed by atoms with Gasteiger partial charge in [0.2, 0.25) is 0 Å². The molecular weight excluding hydrogens is 442 g/mol. The molecular formula is C23H31N5O4S. The standard InChI is InChI=1S/C23H31N5O4S/c1-15-21(14-24-27(15)2)28(18-9-11-32-12-10-18)33(30,31)26-23(29)25-22-19-7-3-5-16(19)13-17-6-4-8-20(17)22/h3,5,7,13-14,18-20,22H,4,6,8-12H2,1-2H3,(H2,25,26,29). The lowest BCUT2D eigenvalue weighted by Crippen LogP contribution is -2.56. The Bertz CT molecular complexity index is 1130. The second-order valence-electron chi connectivity index (χ2n) is 9.28. The first kappa shape index (κ1) is 22.2. The molecule has 0 aromatic carbocycles. The van der Waals surface area contributed by atoms with Gasteiger partial charge < -0.3 is 10.1 Å². The second-order valence-corrected chi connectivity index (χ2v) is 10.8. The Morgan fingerprint density at radius 3 is 2.79 bits per heavy atom. The minimum Gasteiger partial charge on any atom is -0.381 e. The largest absolute Gasteiger partial charge is 0.381 e. The number of ether oxygens (including phenoxy) is 1. The first-order chi connectivity index (χ1) is 15.8. The van der Waals surface area contributed by atoms with Crippen molar-refractivity contribution in [3.8, 4) is 0 Å². The topological polar surface area (TPSA) is 106 Å². The summed E-state index contributed by atoms with van der Waals surface area (Å²) >= 11 is 0. The maximum atomic E-state index is 13.5. The molecule has 10 heteroatoms. The minimum atomic E-state index is -4.16. The van der Waals surface area contributed by atoms with E-state index in [-0.39, 0.29) is 23.9 Å². The van der Waals surface area contributed by atoms with Gasteiger partial charge in [-0.3, -0.25) is 4.68 Å². The molecule has 1 saturated carbocycles. The Morgan fingerprint density at radius 2 is 2.06 bits per heavy atom. The maximum absolute atomic E-state index is 13.5. The molecule has 3 unspecified atom stereocenters. The Hall–Kier alpha value is -2.59. The molecule has 2 N–H and O–H groups in total. The highest BCUT2D eigenvalue weighted by Gasteiger charge is 2.41. The van der Waals surface area contributed by atoms with Gasteiger partial charge in [-0.05, 0) is 44.6 Å². The van der Waals surface area contributed by atoms with Crippen LogP contribution in [0.5, 0.6) is 0 Å². The van der Waals surface area contributed by atoms with Crippen molar-refractivity contribution >= 4 is 21.9 Å². The van der Waals surface area contributed by atoms with E-state index in [9.17, 15) is 13.2 Å². The van der Waals surface area contributed by atoms with Crippen LogP contribution in [-0.4, -0.2) is 49.5 Å². The van der Waals surface area contributed by atoms with E-state index in [0.29, 0.717) is 37.4 Å². The highest BCUT2D eigenvalue weighted by atomic mass is 32.2. The number of nitrogens with one attached hydrogen (secondary N) is 2. The lowest BCUT2D eigenvalue weighted by atomic mass is 9.76. The van der Waals surface area contributed by atoms with Crippen molar-refractivity contribution in [3.63, 3.8) is 0 Å². The molecule has 5 rings (SSSR count). The van der Waals surface area contributed by atoms with Gasteiger partial charge in [-0.25, -0.2) is 13.8 Å². The van der Waals surface area contributed by atoms with Crippen LogP contribution in [-0.2, 0) is 22.0 Å². The lowest BCUT2D eigenvalue weighted by molar-refractivity contribution is 0.0875. The zero-order valence-corrected chi connectivity index (χ0v) is 19.8. The average Bonchev–Trinajstić information content (AvgIpc) is 3.51. The van der Waals surface area contributed by atoms with Crippen LogP contribution in [0.3, 0.4) is 0 Å². The van der Waals surface area contributed by atoms with E-state index in [1.807, 2.05) is 13.0 Å². The van der Waals surface area contributed by atoms with Gasteiger partial charge in [0.25, 0.3) is 0 Å². The number of amides is 2. The van der Waals surface area contributed by atoms with Crippen molar-refractivity contribution in [1.29, 1.82) is 0 Å². The van der Waals surface area contributed by atoms with Crippen LogP contribution in [0.1, 0.15) is 37.8 Å². The molecule has 2 amide bonds. The average molecular weight is 474 g/mol. The van der Waals surface area contributed by atoms with Crippen molar-refractivity contribution < 1.29 is 17.9 Å². The van der Waals surface area contributed by atoms with Gasteiger partial charge in [-0.2, -0.15) is 13.5 Å². The molecule has 3 aliphatic carbocycles. The zero-order chi connectivity index (χ0) is 23.2. The quantitative estimate of drug-likeness (QED) is 0.684. The van der Waals surface area contributed by atoms with Gasteiger partial charge >= 0.3 is 16.2 Å². The molecule has 178 valence electrons. The number of urea groups is 1. The molecule has 1 aliphatic heterocycles. The fourth-order valence-electron chi connectivity index (χ4n) is 5.61. The molecule has 0 radical (unpaired) electrons. The number of carbonyl (C=O) groups is 1. The van der Waals surface area contributed by atoms with Gasteiger partial charge in [0.05, 0.1) is 23.6 Å². The Labute approximate surface area is 194 Å². The highest BCUT2D eigenvalue weighted by molar-refractivity contribution is 7.91. The zero-order valence-electron chi connectivity index (χ0n) is 19.0. The summed E-state index contributed by atoms with van der Waals surface area (Å²) < 4.78 is 37.8. The fourth-order valence-corrected chi connectivity index (χ4v) is 7.05.